The van der Waals surface area contributed by atoms with Crippen LogP contribution in [0.2, 0.25) is 0 Å². The zero-order valence-corrected chi connectivity index (χ0v) is 28.5. The highest BCUT2D eigenvalue weighted by Crippen LogP contribution is 2.41. The molecule has 1 aliphatic rings. The number of halogens is 3. The number of aryl methyl sites for hydroxylation is 1. The van der Waals surface area contributed by atoms with E-state index in [-0.39, 0.29) is 44.0 Å². The Hall–Kier alpha value is -3.83. The Morgan fingerprint density at radius 2 is 1.47 bits per heavy atom. The minimum absolute atomic E-state index is 0.0391. The van der Waals surface area contributed by atoms with E-state index in [1.165, 1.54) is 11.1 Å². The molecule has 0 heterocycles. The average Bonchev–Trinajstić information content (AvgIpc) is 3.09. The van der Waals surface area contributed by atoms with Gasteiger partial charge in [0.15, 0.2) is 0 Å². The van der Waals surface area contributed by atoms with Gasteiger partial charge in [0.25, 0.3) is 0 Å². The van der Waals surface area contributed by atoms with E-state index in [1.54, 1.807) is 6.07 Å². The van der Waals surface area contributed by atoms with Crippen molar-refractivity contribution in [1.82, 2.24) is 0 Å². The molecule has 0 spiro atoms. The molecule has 1 fully saturated rings. The highest BCUT2D eigenvalue weighted by atomic mass is 19.4. The number of esters is 2. The fraction of sp³-hybridized carbons (Fsp3) is 0.526. The Morgan fingerprint density at radius 1 is 0.857 bits per heavy atom. The van der Waals surface area contributed by atoms with Crippen molar-refractivity contribution in [2.45, 2.75) is 83.7 Å². The molecule has 0 saturated heterocycles. The number of ether oxygens (including phenoxy) is 4. The zero-order chi connectivity index (χ0) is 36.0. The number of carbonyl (C=O) groups is 2. The second-order valence-electron chi connectivity index (χ2n) is 12.4. The van der Waals surface area contributed by atoms with E-state index in [0.29, 0.717) is 29.8 Å². The van der Waals surface area contributed by atoms with Gasteiger partial charge in [-0.05, 0) is 91.2 Å². The summed E-state index contributed by atoms with van der Waals surface area (Å²) in [6.45, 7) is 9.90. The summed E-state index contributed by atoms with van der Waals surface area (Å²) < 4.78 is 59.7. The van der Waals surface area contributed by atoms with Crippen LogP contribution in [0.25, 0.3) is 11.1 Å². The summed E-state index contributed by atoms with van der Waals surface area (Å²) in [4.78, 5) is 23.7. The maximum Gasteiger partial charge on any atom is 0.389 e. The molecule has 270 valence electrons. The third-order valence-corrected chi connectivity index (χ3v) is 8.90. The first-order valence-electron chi connectivity index (χ1n) is 16.9. The highest BCUT2D eigenvalue weighted by Gasteiger charge is 2.27. The predicted octanol–water partition coefficient (Wildman–Crippen LogP) is 7.56. The number of unbranched alkanes of at least 4 members (excludes halogenated alkanes) is 1. The SMILES string of the molecule is C=C(CO)C(=O)OCCOc1cc(OCCOC(=O)C(=C)CO)c(C)c(-c2ccc(C3CCC(CCCCC(F)(F)F)CC3)c(CC)c2)c1. The second-order valence-corrected chi connectivity index (χ2v) is 12.4. The summed E-state index contributed by atoms with van der Waals surface area (Å²) in [5.74, 6) is 0.436. The van der Waals surface area contributed by atoms with Gasteiger partial charge < -0.3 is 29.2 Å². The van der Waals surface area contributed by atoms with Crippen LogP contribution >= 0.6 is 0 Å². The van der Waals surface area contributed by atoms with Gasteiger partial charge in [-0.3, -0.25) is 0 Å². The van der Waals surface area contributed by atoms with Gasteiger partial charge in [0.2, 0.25) is 0 Å². The summed E-state index contributed by atoms with van der Waals surface area (Å²) in [6, 6.07) is 10.0. The van der Waals surface area contributed by atoms with Crippen LogP contribution in [-0.2, 0) is 25.5 Å². The van der Waals surface area contributed by atoms with E-state index in [2.05, 4.69) is 38.3 Å². The third kappa shape index (κ3) is 12.5. The van der Waals surface area contributed by atoms with Crippen LogP contribution in [0.1, 0.15) is 80.9 Å². The molecule has 2 aromatic rings. The molecular weight excluding hydrogens is 641 g/mol. The van der Waals surface area contributed by atoms with Gasteiger partial charge in [-0.25, -0.2) is 9.59 Å². The molecule has 11 heteroatoms. The summed E-state index contributed by atoms with van der Waals surface area (Å²) in [5, 5.41) is 18.2. The number of aliphatic hydroxyl groups excluding tert-OH is 2. The van der Waals surface area contributed by atoms with Crippen LogP contribution < -0.4 is 9.47 Å². The Labute approximate surface area is 286 Å². The number of aliphatic hydroxyl groups is 2. The van der Waals surface area contributed by atoms with E-state index in [1.807, 2.05) is 13.0 Å². The number of hydrogen-bond acceptors (Lipinski definition) is 8. The number of carbonyl (C=O) groups excluding carboxylic acids is 2. The topological polar surface area (TPSA) is 112 Å². The monoisotopic (exact) mass is 690 g/mol. The lowest BCUT2D eigenvalue weighted by molar-refractivity contribution is -0.141. The molecule has 3 rings (SSSR count). The summed E-state index contributed by atoms with van der Waals surface area (Å²) in [6.07, 6.45) is 1.79. The van der Waals surface area contributed by atoms with Crippen molar-refractivity contribution in [2.24, 2.45) is 5.92 Å². The third-order valence-electron chi connectivity index (χ3n) is 8.90. The molecule has 2 aromatic carbocycles. The van der Waals surface area contributed by atoms with Crippen LogP contribution in [0.15, 0.2) is 54.6 Å². The smallest absolute Gasteiger partial charge is 0.389 e. The fourth-order valence-electron chi connectivity index (χ4n) is 6.11. The molecule has 0 aliphatic heterocycles. The van der Waals surface area contributed by atoms with Crippen LogP contribution in [-0.4, -0.2) is 68.0 Å². The maximum absolute atomic E-state index is 12.5. The van der Waals surface area contributed by atoms with Crippen molar-refractivity contribution in [2.75, 3.05) is 39.6 Å². The standard InChI is InChI=1S/C38H49F3O8/c1-5-29-20-31(13-14-33(29)30-11-9-28(10-12-30)8-6-7-15-38(39,40)41)34-21-32(46-16-18-48-36(44)25(2)23-42)22-35(27(34)4)47-17-19-49-37(45)26(3)24-43/h13-14,20-22,28,30,42-43H,2-3,5-12,15-19,23-24H2,1,4H3. The zero-order valence-electron chi connectivity index (χ0n) is 28.5. The van der Waals surface area contributed by atoms with Crippen LogP contribution in [0.5, 0.6) is 11.5 Å². The van der Waals surface area contributed by atoms with Crippen LogP contribution in [0.3, 0.4) is 0 Å². The predicted molar refractivity (Wildman–Crippen MR) is 181 cm³/mol. The average molecular weight is 691 g/mol. The highest BCUT2D eigenvalue weighted by molar-refractivity contribution is 5.88. The minimum atomic E-state index is -4.08. The lowest BCUT2D eigenvalue weighted by Crippen LogP contribution is -2.16. The molecule has 49 heavy (non-hydrogen) atoms. The van der Waals surface area contributed by atoms with Gasteiger partial charge in [-0.15, -0.1) is 0 Å². The minimum Gasteiger partial charge on any atom is -0.490 e. The number of alkyl halides is 3. The van der Waals surface area contributed by atoms with Crippen LogP contribution in [0, 0.1) is 12.8 Å². The van der Waals surface area contributed by atoms with Gasteiger partial charge in [0, 0.05) is 12.5 Å². The van der Waals surface area contributed by atoms with Gasteiger partial charge >= 0.3 is 18.1 Å². The Kier molecular flexibility index (Phi) is 15.7. The number of benzene rings is 2. The first kappa shape index (κ1) is 39.6. The van der Waals surface area contributed by atoms with Gasteiger partial charge in [0.1, 0.15) is 37.9 Å². The van der Waals surface area contributed by atoms with Crippen molar-refractivity contribution in [3.63, 3.8) is 0 Å². The molecular formula is C38H49F3O8. The lowest BCUT2D eigenvalue weighted by Gasteiger charge is -2.30. The summed E-state index contributed by atoms with van der Waals surface area (Å²) in [5.41, 5.74) is 5.09. The van der Waals surface area contributed by atoms with E-state index < -0.39 is 37.7 Å². The molecule has 1 aliphatic carbocycles. The second kappa shape index (κ2) is 19.4. The molecule has 1 saturated carbocycles. The number of hydrogen-bond donors (Lipinski definition) is 2. The molecule has 8 nitrogen and oxygen atoms in total. The maximum atomic E-state index is 12.5. The van der Waals surface area contributed by atoms with E-state index in [4.69, 9.17) is 29.2 Å². The number of rotatable bonds is 19. The van der Waals surface area contributed by atoms with Gasteiger partial charge in [0.05, 0.1) is 24.4 Å². The largest absolute Gasteiger partial charge is 0.490 e. The Balaban J connectivity index is 1.75. The quantitative estimate of drug-likeness (QED) is 0.0883. The van der Waals surface area contributed by atoms with E-state index >= 15 is 0 Å². The van der Waals surface area contributed by atoms with Crippen molar-refractivity contribution in [3.05, 3.63) is 71.3 Å². The van der Waals surface area contributed by atoms with E-state index in [9.17, 15) is 22.8 Å². The molecule has 0 radical (unpaired) electrons. The Morgan fingerprint density at radius 3 is 2.04 bits per heavy atom. The first-order valence-corrected chi connectivity index (χ1v) is 16.9. The molecule has 0 unspecified atom stereocenters. The fourth-order valence-corrected chi connectivity index (χ4v) is 6.11. The summed E-state index contributed by atoms with van der Waals surface area (Å²) in [7, 11) is 0. The molecule has 2 N–H and O–H groups in total. The molecule has 0 aromatic heterocycles. The van der Waals surface area contributed by atoms with Crippen molar-refractivity contribution < 1.29 is 51.9 Å². The molecule has 0 atom stereocenters. The van der Waals surface area contributed by atoms with Crippen molar-refractivity contribution in [3.8, 4) is 22.6 Å². The van der Waals surface area contributed by atoms with E-state index in [0.717, 1.165) is 55.2 Å². The Bertz CT molecular complexity index is 1430. The first-order chi connectivity index (χ1) is 23.4. The normalized spacial score (nSPS) is 16.1. The lowest BCUT2D eigenvalue weighted by atomic mass is 9.75. The van der Waals surface area contributed by atoms with Gasteiger partial charge in [-0.1, -0.05) is 51.1 Å². The summed E-state index contributed by atoms with van der Waals surface area (Å²) >= 11 is 0. The molecule has 0 amide bonds. The van der Waals surface area contributed by atoms with Crippen molar-refractivity contribution >= 4 is 11.9 Å². The molecule has 0 bridgehead atoms. The van der Waals surface area contributed by atoms with Gasteiger partial charge in [-0.2, -0.15) is 13.2 Å². The van der Waals surface area contributed by atoms with Crippen molar-refractivity contribution in [1.29, 1.82) is 0 Å². The van der Waals surface area contributed by atoms with Crippen LogP contribution in [0.4, 0.5) is 13.2 Å².